The molecule has 3 aromatic rings. The third-order valence-electron chi connectivity index (χ3n) is 4.30. The number of aliphatic imine (C=N–C) groups is 1. The number of nitrogens with one attached hydrogen (secondary N) is 1. The van der Waals surface area contributed by atoms with Crippen molar-refractivity contribution in [1.29, 1.82) is 5.26 Å². The Kier molecular flexibility index (Phi) is 4.87. The number of nitriles is 1. The minimum absolute atomic E-state index is 0.186. The quantitative estimate of drug-likeness (QED) is 0.684. The van der Waals surface area contributed by atoms with E-state index in [4.69, 9.17) is 10.00 Å². The van der Waals surface area contributed by atoms with Crippen LogP contribution in [0.4, 0.5) is 5.69 Å². The lowest BCUT2D eigenvalue weighted by molar-refractivity contribution is -0.115. The Morgan fingerprint density at radius 1 is 1.25 bits per heavy atom. The molecular formula is C21H16N4O2S. The molecule has 28 heavy (non-hydrogen) atoms. The maximum atomic E-state index is 12.4. The number of hydrogen-bond donors (Lipinski definition) is 1. The molecule has 6 nitrogen and oxygen atoms in total. The van der Waals surface area contributed by atoms with Gasteiger partial charge in [0, 0.05) is 22.7 Å². The summed E-state index contributed by atoms with van der Waals surface area (Å²) in [6.07, 6.45) is 3.74. The molecule has 1 fully saturated rings. The van der Waals surface area contributed by atoms with Gasteiger partial charge in [0.15, 0.2) is 5.17 Å². The molecule has 2 heterocycles. The molecule has 0 saturated carbocycles. The Hall–Kier alpha value is -3.50. The largest absolute Gasteiger partial charge is 0.497 e. The van der Waals surface area contributed by atoms with Crippen LogP contribution < -0.4 is 10.1 Å². The molecular weight excluding hydrogens is 372 g/mol. The maximum Gasteiger partial charge on any atom is 0.264 e. The van der Waals surface area contributed by atoms with Crippen LogP contribution in [-0.4, -0.2) is 22.8 Å². The van der Waals surface area contributed by atoms with Crippen molar-refractivity contribution in [2.75, 3.05) is 7.11 Å². The first-order valence-corrected chi connectivity index (χ1v) is 9.38. The number of methoxy groups -OCH3 is 1. The number of para-hydroxylation sites is 1. The van der Waals surface area contributed by atoms with E-state index in [2.05, 4.69) is 16.4 Å². The van der Waals surface area contributed by atoms with Gasteiger partial charge in [-0.05, 0) is 48.2 Å². The van der Waals surface area contributed by atoms with Crippen LogP contribution in [0.25, 0.3) is 17.0 Å². The molecule has 1 aromatic heterocycles. The maximum absolute atomic E-state index is 12.4. The van der Waals surface area contributed by atoms with Crippen molar-refractivity contribution >= 4 is 45.5 Å². The number of ether oxygens (including phenoxy) is 1. The fourth-order valence-electron chi connectivity index (χ4n) is 2.99. The number of aromatic nitrogens is 1. The van der Waals surface area contributed by atoms with Gasteiger partial charge in [0.1, 0.15) is 12.3 Å². The van der Waals surface area contributed by atoms with E-state index in [1.54, 1.807) is 7.11 Å². The van der Waals surface area contributed by atoms with Gasteiger partial charge in [-0.3, -0.25) is 4.79 Å². The van der Waals surface area contributed by atoms with Gasteiger partial charge in [-0.1, -0.05) is 18.2 Å². The van der Waals surface area contributed by atoms with Crippen LogP contribution in [0.3, 0.4) is 0 Å². The summed E-state index contributed by atoms with van der Waals surface area (Å²) < 4.78 is 7.02. The Morgan fingerprint density at radius 3 is 2.79 bits per heavy atom. The standard InChI is InChI=1S/C21H16N4O2S/c1-27-16-8-6-15(7-9-16)23-21-24-20(26)19(28-21)12-14-13-25(11-10-22)18-5-3-2-4-17(14)18/h2-9,12-13H,11H2,1H3,(H,23,24,26)/b19-12+. The number of thioether (sulfide) groups is 1. The van der Waals surface area contributed by atoms with Gasteiger partial charge in [0.05, 0.1) is 23.8 Å². The van der Waals surface area contributed by atoms with E-state index in [0.29, 0.717) is 10.1 Å². The van der Waals surface area contributed by atoms with Crippen molar-refractivity contribution in [3.8, 4) is 11.8 Å². The Balaban J connectivity index is 1.64. The summed E-state index contributed by atoms with van der Waals surface area (Å²) in [5.41, 5.74) is 2.59. The number of fused-ring (bicyclic) bond motifs is 1. The van der Waals surface area contributed by atoms with Crippen molar-refractivity contribution < 1.29 is 9.53 Å². The molecule has 1 N–H and O–H groups in total. The van der Waals surface area contributed by atoms with Crippen LogP contribution in [0.5, 0.6) is 5.75 Å². The van der Waals surface area contributed by atoms with Crippen molar-refractivity contribution in [1.82, 2.24) is 9.88 Å². The zero-order chi connectivity index (χ0) is 19.5. The number of amides is 1. The molecule has 1 aliphatic heterocycles. The first-order chi connectivity index (χ1) is 13.7. The predicted molar refractivity (Wildman–Crippen MR) is 111 cm³/mol. The number of amidine groups is 1. The van der Waals surface area contributed by atoms with Crippen LogP contribution >= 0.6 is 11.8 Å². The lowest BCUT2D eigenvalue weighted by Gasteiger charge is -1.99. The molecule has 0 aliphatic carbocycles. The highest BCUT2D eigenvalue weighted by Crippen LogP contribution is 2.31. The first-order valence-electron chi connectivity index (χ1n) is 8.56. The smallest absolute Gasteiger partial charge is 0.264 e. The summed E-state index contributed by atoms with van der Waals surface area (Å²) in [7, 11) is 1.61. The number of hydrogen-bond acceptors (Lipinski definition) is 5. The van der Waals surface area contributed by atoms with Gasteiger partial charge in [0.25, 0.3) is 5.91 Å². The molecule has 7 heteroatoms. The van der Waals surface area contributed by atoms with Crippen LogP contribution in [0.1, 0.15) is 5.56 Å². The van der Waals surface area contributed by atoms with Gasteiger partial charge >= 0.3 is 0 Å². The average molecular weight is 388 g/mol. The van der Waals surface area contributed by atoms with E-state index in [1.807, 2.05) is 65.4 Å². The van der Waals surface area contributed by atoms with Gasteiger partial charge < -0.3 is 14.6 Å². The van der Waals surface area contributed by atoms with Crippen LogP contribution in [0.2, 0.25) is 0 Å². The Labute approximate surface area is 166 Å². The molecule has 1 amide bonds. The van der Waals surface area contributed by atoms with Crippen molar-refractivity contribution in [2.24, 2.45) is 4.99 Å². The molecule has 1 saturated heterocycles. The topological polar surface area (TPSA) is 79.4 Å². The second kappa shape index (κ2) is 7.62. The summed E-state index contributed by atoms with van der Waals surface area (Å²) in [4.78, 5) is 17.4. The number of carbonyl (C=O) groups is 1. The second-order valence-corrected chi connectivity index (χ2v) is 7.10. The zero-order valence-electron chi connectivity index (χ0n) is 15.0. The Bertz CT molecular complexity index is 1150. The summed E-state index contributed by atoms with van der Waals surface area (Å²) in [5.74, 6) is 0.566. The van der Waals surface area contributed by atoms with E-state index in [-0.39, 0.29) is 12.5 Å². The van der Waals surface area contributed by atoms with Crippen molar-refractivity contribution in [3.05, 3.63) is 65.2 Å². The zero-order valence-corrected chi connectivity index (χ0v) is 15.9. The predicted octanol–water partition coefficient (Wildman–Crippen LogP) is 4.07. The van der Waals surface area contributed by atoms with E-state index in [9.17, 15) is 4.79 Å². The SMILES string of the molecule is COc1ccc(N=C2NC(=O)/C(=C\c3cn(CC#N)c4ccccc34)S2)cc1. The van der Waals surface area contributed by atoms with E-state index in [1.165, 1.54) is 11.8 Å². The highest BCUT2D eigenvalue weighted by atomic mass is 32.2. The lowest BCUT2D eigenvalue weighted by atomic mass is 10.1. The normalized spacial score (nSPS) is 16.5. The molecule has 0 spiro atoms. The van der Waals surface area contributed by atoms with Crippen LogP contribution in [0, 0.1) is 11.3 Å². The minimum atomic E-state index is -0.186. The molecule has 2 aromatic carbocycles. The van der Waals surface area contributed by atoms with Crippen LogP contribution in [-0.2, 0) is 11.3 Å². The third kappa shape index (κ3) is 3.50. The second-order valence-electron chi connectivity index (χ2n) is 6.07. The molecule has 138 valence electrons. The molecule has 1 aliphatic rings. The van der Waals surface area contributed by atoms with Crippen LogP contribution in [0.15, 0.2) is 64.6 Å². The van der Waals surface area contributed by atoms with E-state index in [0.717, 1.165) is 27.9 Å². The van der Waals surface area contributed by atoms with Crippen molar-refractivity contribution in [2.45, 2.75) is 6.54 Å². The number of carbonyl (C=O) groups excluding carboxylic acids is 1. The average Bonchev–Trinajstić information content (AvgIpc) is 3.23. The summed E-state index contributed by atoms with van der Waals surface area (Å²) in [6.45, 7) is 0.257. The molecule has 0 bridgehead atoms. The third-order valence-corrected chi connectivity index (χ3v) is 5.21. The van der Waals surface area contributed by atoms with Gasteiger partial charge in [0.2, 0.25) is 0 Å². The van der Waals surface area contributed by atoms with Gasteiger partial charge in [-0.2, -0.15) is 5.26 Å². The number of rotatable bonds is 4. The van der Waals surface area contributed by atoms with Gasteiger partial charge in [-0.25, -0.2) is 4.99 Å². The molecule has 0 unspecified atom stereocenters. The van der Waals surface area contributed by atoms with Crippen molar-refractivity contribution in [3.63, 3.8) is 0 Å². The number of benzene rings is 2. The highest BCUT2D eigenvalue weighted by Gasteiger charge is 2.24. The molecule has 0 atom stereocenters. The Morgan fingerprint density at radius 2 is 2.04 bits per heavy atom. The summed E-state index contributed by atoms with van der Waals surface area (Å²) in [6, 6.07) is 17.3. The monoisotopic (exact) mass is 388 g/mol. The minimum Gasteiger partial charge on any atom is -0.497 e. The molecule has 0 radical (unpaired) electrons. The highest BCUT2D eigenvalue weighted by molar-refractivity contribution is 8.18. The number of nitrogens with zero attached hydrogens (tertiary/aromatic N) is 3. The summed E-state index contributed by atoms with van der Waals surface area (Å²) in [5, 5.41) is 13.4. The van der Waals surface area contributed by atoms with Gasteiger partial charge in [-0.15, -0.1) is 0 Å². The fraction of sp³-hybridized carbons (Fsp3) is 0.0952. The lowest BCUT2D eigenvalue weighted by Crippen LogP contribution is -2.19. The first kappa shape index (κ1) is 17.9. The summed E-state index contributed by atoms with van der Waals surface area (Å²) >= 11 is 1.29. The van der Waals surface area contributed by atoms with E-state index >= 15 is 0 Å². The van der Waals surface area contributed by atoms with E-state index < -0.39 is 0 Å². The molecule has 4 rings (SSSR count). The fourth-order valence-corrected chi connectivity index (χ4v) is 3.83.